The van der Waals surface area contributed by atoms with Crippen molar-refractivity contribution in [3.63, 3.8) is 0 Å². The second-order valence-electron chi connectivity index (χ2n) is 6.32. The number of nitrogens with zero attached hydrogens (tertiary/aromatic N) is 5. The van der Waals surface area contributed by atoms with Gasteiger partial charge in [0.25, 0.3) is 11.1 Å². The average Bonchev–Trinajstić information content (AvgIpc) is 3.28. The molecule has 2 saturated heterocycles. The summed E-state index contributed by atoms with van der Waals surface area (Å²) in [6.45, 7) is 3.52. The van der Waals surface area contributed by atoms with E-state index in [1.54, 1.807) is 18.3 Å². The molecule has 0 aromatic carbocycles. The van der Waals surface area contributed by atoms with Crippen molar-refractivity contribution in [3.8, 4) is 0 Å². The van der Waals surface area contributed by atoms with Crippen molar-refractivity contribution in [3.05, 3.63) is 34.6 Å². The van der Waals surface area contributed by atoms with E-state index in [-0.39, 0.29) is 11.2 Å². The highest BCUT2D eigenvalue weighted by molar-refractivity contribution is 8.18. The van der Waals surface area contributed by atoms with Crippen molar-refractivity contribution in [2.75, 3.05) is 18.0 Å². The first-order chi connectivity index (χ1) is 13.1. The monoisotopic (exact) mass is 386 g/mol. The highest BCUT2D eigenvalue weighted by Gasteiger charge is 2.28. The molecule has 1 unspecified atom stereocenters. The summed E-state index contributed by atoms with van der Waals surface area (Å²) in [5.41, 5.74) is 0.584. The van der Waals surface area contributed by atoms with Crippen molar-refractivity contribution < 1.29 is 14.1 Å². The first-order valence-electron chi connectivity index (χ1n) is 8.77. The lowest BCUT2D eigenvalue weighted by Crippen LogP contribution is -2.35. The van der Waals surface area contributed by atoms with Gasteiger partial charge in [-0.2, -0.15) is 4.98 Å². The van der Waals surface area contributed by atoms with E-state index < -0.39 is 5.91 Å². The molecule has 4 heterocycles. The highest BCUT2D eigenvalue weighted by Crippen LogP contribution is 2.29. The summed E-state index contributed by atoms with van der Waals surface area (Å²) in [4.78, 5) is 38.8. The van der Waals surface area contributed by atoms with Gasteiger partial charge in [0, 0.05) is 25.7 Å². The maximum Gasteiger partial charge on any atom is 0.290 e. The maximum atomic E-state index is 11.7. The number of aromatic nitrogens is 4. The quantitative estimate of drug-likeness (QED) is 0.789. The number of piperidine rings is 1. The summed E-state index contributed by atoms with van der Waals surface area (Å²) in [6.07, 6.45) is 5.94. The number of rotatable bonds is 4. The second kappa shape index (κ2) is 7.47. The molecule has 2 amide bonds. The zero-order valence-electron chi connectivity index (χ0n) is 14.7. The molecule has 0 aliphatic carbocycles. The van der Waals surface area contributed by atoms with Crippen LogP contribution in [0.15, 0.2) is 21.7 Å². The Bertz CT molecular complexity index is 912. The number of hydrogen-bond acceptors (Lipinski definition) is 9. The standard InChI is InChI=1S/C17H18N6O3S/c1-2-13-20-15(26-22-13)10-4-3-7-23(9-10)16-18-6-5-11(19-16)8-12-14(24)21-17(25)27-12/h5-6,8,10H,2-4,7,9H2,1H3,(H,21,24,25)/b12-8-. The minimum Gasteiger partial charge on any atom is -0.340 e. The fourth-order valence-electron chi connectivity index (χ4n) is 3.09. The van der Waals surface area contributed by atoms with Crippen LogP contribution in [0.4, 0.5) is 10.7 Å². The predicted octanol–water partition coefficient (Wildman–Crippen LogP) is 2.13. The molecule has 0 radical (unpaired) electrons. The molecule has 2 aliphatic heterocycles. The summed E-state index contributed by atoms with van der Waals surface area (Å²) < 4.78 is 5.40. The molecule has 2 fully saturated rings. The Balaban J connectivity index is 1.52. The number of nitrogens with one attached hydrogen (secondary N) is 1. The van der Waals surface area contributed by atoms with Gasteiger partial charge >= 0.3 is 0 Å². The Morgan fingerprint density at radius 3 is 3.04 bits per heavy atom. The van der Waals surface area contributed by atoms with E-state index in [1.165, 1.54) is 0 Å². The van der Waals surface area contributed by atoms with Gasteiger partial charge in [0.15, 0.2) is 5.82 Å². The van der Waals surface area contributed by atoms with Gasteiger partial charge in [-0.3, -0.25) is 14.9 Å². The smallest absolute Gasteiger partial charge is 0.290 e. The fourth-order valence-corrected chi connectivity index (χ4v) is 3.75. The molecular formula is C17H18N6O3S. The molecule has 0 bridgehead atoms. The fraction of sp³-hybridized carbons (Fsp3) is 0.412. The molecule has 9 nitrogen and oxygen atoms in total. The van der Waals surface area contributed by atoms with E-state index in [4.69, 9.17) is 4.52 Å². The SMILES string of the molecule is CCc1noc(C2CCCN(c3nccc(/C=C4\SC(=O)NC4=O)n3)C2)n1. The third-order valence-corrected chi connectivity index (χ3v) is 5.25. The molecule has 10 heteroatoms. The number of amides is 2. The van der Waals surface area contributed by atoms with E-state index in [0.717, 1.165) is 37.6 Å². The Morgan fingerprint density at radius 1 is 1.41 bits per heavy atom. The van der Waals surface area contributed by atoms with Crippen LogP contribution in [0.5, 0.6) is 0 Å². The van der Waals surface area contributed by atoms with Gasteiger partial charge in [-0.05, 0) is 36.7 Å². The van der Waals surface area contributed by atoms with Crippen molar-refractivity contribution in [1.82, 2.24) is 25.4 Å². The molecule has 1 N–H and O–H groups in total. The van der Waals surface area contributed by atoms with Crippen LogP contribution in [-0.2, 0) is 11.2 Å². The molecule has 0 spiro atoms. The minimum atomic E-state index is -0.397. The Labute approximate surface area is 159 Å². The molecule has 1 atom stereocenters. The lowest BCUT2D eigenvalue weighted by Gasteiger charge is -2.31. The largest absolute Gasteiger partial charge is 0.340 e. The Kier molecular flexibility index (Phi) is 4.88. The molecule has 4 rings (SSSR count). The average molecular weight is 386 g/mol. The van der Waals surface area contributed by atoms with E-state index in [0.29, 0.717) is 34.8 Å². The van der Waals surface area contributed by atoms with Gasteiger partial charge in [0.05, 0.1) is 16.5 Å². The van der Waals surface area contributed by atoms with Gasteiger partial charge in [0.2, 0.25) is 11.8 Å². The number of aryl methyl sites for hydroxylation is 1. The second-order valence-corrected chi connectivity index (χ2v) is 7.34. The van der Waals surface area contributed by atoms with Crippen LogP contribution in [0.2, 0.25) is 0 Å². The zero-order valence-corrected chi connectivity index (χ0v) is 15.5. The summed E-state index contributed by atoms with van der Waals surface area (Å²) in [7, 11) is 0. The number of imide groups is 1. The molecule has 140 valence electrons. The van der Waals surface area contributed by atoms with Gasteiger partial charge in [-0.15, -0.1) is 0 Å². The third-order valence-electron chi connectivity index (χ3n) is 4.44. The van der Waals surface area contributed by atoms with Crippen LogP contribution in [0, 0.1) is 0 Å². The molecule has 27 heavy (non-hydrogen) atoms. The number of carbonyl (C=O) groups is 2. The molecular weight excluding hydrogens is 368 g/mol. The Morgan fingerprint density at radius 2 is 2.30 bits per heavy atom. The van der Waals surface area contributed by atoms with Crippen molar-refractivity contribution in [2.45, 2.75) is 32.1 Å². The normalized spacial score (nSPS) is 21.7. The number of anilines is 1. The van der Waals surface area contributed by atoms with Crippen LogP contribution in [0.1, 0.15) is 43.1 Å². The van der Waals surface area contributed by atoms with E-state index in [9.17, 15) is 9.59 Å². The van der Waals surface area contributed by atoms with Crippen molar-refractivity contribution in [2.24, 2.45) is 0 Å². The van der Waals surface area contributed by atoms with Gasteiger partial charge in [-0.1, -0.05) is 12.1 Å². The zero-order chi connectivity index (χ0) is 18.8. The summed E-state index contributed by atoms with van der Waals surface area (Å²) in [5, 5.41) is 5.85. The van der Waals surface area contributed by atoms with Crippen LogP contribution in [0.3, 0.4) is 0 Å². The third kappa shape index (κ3) is 3.85. The number of hydrogen-bond donors (Lipinski definition) is 1. The molecule has 2 aliphatic rings. The molecule has 0 saturated carbocycles. The molecule has 2 aromatic rings. The van der Waals surface area contributed by atoms with E-state index in [1.807, 2.05) is 6.92 Å². The summed E-state index contributed by atoms with van der Waals surface area (Å²) >= 11 is 0.872. The topological polar surface area (TPSA) is 114 Å². The first-order valence-corrected chi connectivity index (χ1v) is 9.59. The van der Waals surface area contributed by atoms with Crippen molar-refractivity contribution >= 4 is 34.9 Å². The van der Waals surface area contributed by atoms with Gasteiger partial charge in [-0.25, -0.2) is 9.97 Å². The predicted molar refractivity (Wildman–Crippen MR) is 99.0 cm³/mol. The van der Waals surface area contributed by atoms with Crippen LogP contribution in [-0.4, -0.2) is 44.3 Å². The highest BCUT2D eigenvalue weighted by atomic mass is 32.2. The maximum absolute atomic E-state index is 11.7. The van der Waals surface area contributed by atoms with Crippen LogP contribution >= 0.6 is 11.8 Å². The lowest BCUT2D eigenvalue weighted by atomic mass is 9.98. The number of thioether (sulfide) groups is 1. The van der Waals surface area contributed by atoms with Crippen LogP contribution < -0.4 is 10.2 Å². The van der Waals surface area contributed by atoms with E-state index >= 15 is 0 Å². The first kappa shape index (κ1) is 17.7. The minimum absolute atomic E-state index is 0.144. The molecule has 2 aromatic heterocycles. The van der Waals surface area contributed by atoms with Gasteiger partial charge in [0.1, 0.15) is 0 Å². The Hall–Kier alpha value is -2.75. The van der Waals surface area contributed by atoms with E-state index in [2.05, 4.69) is 30.3 Å². The lowest BCUT2D eigenvalue weighted by molar-refractivity contribution is -0.115. The van der Waals surface area contributed by atoms with Crippen LogP contribution in [0.25, 0.3) is 6.08 Å². The van der Waals surface area contributed by atoms with Gasteiger partial charge < -0.3 is 9.42 Å². The number of carbonyl (C=O) groups excluding carboxylic acids is 2. The van der Waals surface area contributed by atoms with Crippen molar-refractivity contribution in [1.29, 1.82) is 0 Å². The summed E-state index contributed by atoms with van der Waals surface area (Å²) in [6, 6.07) is 1.71. The summed E-state index contributed by atoms with van der Waals surface area (Å²) in [5.74, 6) is 1.71.